The molecule has 0 bridgehead atoms. The summed E-state index contributed by atoms with van der Waals surface area (Å²) in [6.45, 7) is 6.13. The van der Waals surface area contributed by atoms with E-state index in [1.54, 1.807) is 28.4 Å². The first-order valence-electron chi connectivity index (χ1n) is 8.23. The predicted octanol–water partition coefficient (Wildman–Crippen LogP) is 4.16. The van der Waals surface area contributed by atoms with Gasteiger partial charge in [0.15, 0.2) is 10.1 Å². The van der Waals surface area contributed by atoms with Crippen LogP contribution in [0.5, 0.6) is 0 Å². The van der Waals surface area contributed by atoms with Crippen LogP contribution in [0.2, 0.25) is 0 Å². The Morgan fingerprint density at radius 3 is 2.81 bits per heavy atom. The second-order valence-electron chi connectivity index (χ2n) is 6.22. The van der Waals surface area contributed by atoms with Gasteiger partial charge in [-0.05, 0) is 44.0 Å². The number of fused-ring (bicyclic) bond motifs is 1. The van der Waals surface area contributed by atoms with Crippen LogP contribution < -0.4 is 5.56 Å². The molecule has 0 amide bonds. The van der Waals surface area contributed by atoms with Crippen LogP contribution in [0.1, 0.15) is 22.5 Å². The molecule has 5 nitrogen and oxygen atoms in total. The summed E-state index contributed by atoms with van der Waals surface area (Å²) in [4.78, 5) is 22.1. The number of thiazole rings is 1. The topological polar surface area (TPSA) is 52.2 Å². The third-order valence-electron chi connectivity index (χ3n) is 4.35. The zero-order valence-corrected chi connectivity index (χ0v) is 16.4. The number of hydrogen-bond acceptors (Lipinski definition) is 5. The summed E-state index contributed by atoms with van der Waals surface area (Å²) in [5, 5.41) is 2.84. The first-order valence-corrected chi connectivity index (χ1v) is 10.1. The summed E-state index contributed by atoms with van der Waals surface area (Å²) in [5.41, 5.74) is 5.28. The molecule has 0 unspecified atom stereocenters. The molecule has 0 aliphatic rings. The number of aryl methyl sites for hydroxylation is 3. The summed E-state index contributed by atoms with van der Waals surface area (Å²) in [6.07, 6.45) is 3.76. The lowest BCUT2D eigenvalue weighted by molar-refractivity contribution is 0.891. The third-order valence-corrected chi connectivity index (χ3v) is 6.30. The van der Waals surface area contributed by atoms with Crippen LogP contribution in [0.15, 0.2) is 52.0 Å². The second-order valence-corrected chi connectivity index (χ2v) is 8.00. The van der Waals surface area contributed by atoms with Crippen molar-refractivity contribution in [3.63, 3.8) is 0 Å². The average molecular weight is 383 g/mol. The van der Waals surface area contributed by atoms with Crippen molar-refractivity contribution in [2.45, 2.75) is 31.7 Å². The van der Waals surface area contributed by atoms with E-state index in [1.807, 2.05) is 18.5 Å². The number of benzene rings is 1. The van der Waals surface area contributed by atoms with Crippen LogP contribution in [0, 0.1) is 20.8 Å². The molecule has 0 spiro atoms. The lowest BCUT2D eigenvalue weighted by Crippen LogP contribution is -2.14. The highest BCUT2D eigenvalue weighted by atomic mass is 32.2. The fourth-order valence-corrected chi connectivity index (χ4v) is 4.54. The van der Waals surface area contributed by atoms with Gasteiger partial charge in [-0.2, -0.15) is 0 Å². The van der Waals surface area contributed by atoms with E-state index in [0.29, 0.717) is 5.75 Å². The number of aromatic nitrogens is 4. The Balaban J connectivity index is 1.60. The van der Waals surface area contributed by atoms with E-state index in [1.165, 1.54) is 22.5 Å². The van der Waals surface area contributed by atoms with Gasteiger partial charge in [0, 0.05) is 41.0 Å². The SMILES string of the molecule is Cc1ccc(-n2ccnc2SCc2cc(=O)n3c(C)csc3n2)cc1C. The van der Waals surface area contributed by atoms with Crippen LogP contribution >= 0.6 is 23.1 Å². The molecule has 0 saturated carbocycles. The number of hydrogen-bond donors (Lipinski definition) is 0. The highest BCUT2D eigenvalue weighted by Crippen LogP contribution is 2.25. The Bertz CT molecular complexity index is 1160. The van der Waals surface area contributed by atoms with Gasteiger partial charge in [-0.25, -0.2) is 9.97 Å². The highest BCUT2D eigenvalue weighted by molar-refractivity contribution is 7.98. The molecule has 1 aromatic carbocycles. The van der Waals surface area contributed by atoms with Gasteiger partial charge in [-0.3, -0.25) is 13.8 Å². The van der Waals surface area contributed by atoms with Crippen LogP contribution in [-0.2, 0) is 5.75 Å². The van der Waals surface area contributed by atoms with Gasteiger partial charge in [-0.1, -0.05) is 17.8 Å². The number of nitrogens with zero attached hydrogens (tertiary/aromatic N) is 4. The van der Waals surface area contributed by atoms with Crippen molar-refractivity contribution in [1.29, 1.82) is 0 Å². The molecule has 0 fully saturated rings. The smallest absolute Gasteiger partial charge is 0.258 e. The summed E-state index contributed by atoms with van der Waals surface area (Å²) < 4.78 is 3.71. The Kier molecular flexibility index (Phi) is 4.42. The van der Waals surface area contributed by atoms with Gasteiger partial charge in [0.2, 0.25) is 0 Å². The molecule has 4 rings (SSSR count). The zero-order valence-electron chi connectivity index (χ0n) is 14.8. The van der Waals surface area contributed by atoms with Crippen LogP contribution in [0.4, 0.5) is 0 Å². The summed E-state index contributed by atoms with van der Waals surface area (Å²) in [5.74, 6) is 0.602. The minimum absolute atomic E-state index is 0.0261. The number of rotatable bonds is 4. The minimum atomic E-state index is -0.0261. The average Bonchev–Trinajstić information content (AvgIpc) is 3.22. The van der Waals surface area contributed by atoms with Crippen molar-refractivity contribution in [3.8, 4) is 5.69 Å². The van der Waals surface area contributed by atoms with E-state index in [-0.39, 0.29) is 5.56 Å². The third kappa shape index (κ3) is 3.08. The maximum atomic E-state index is 12.3. The van der Waals surface area contributed by atoms with Crippen molar-refractivity contribution in [1.82, 2.24) is 18.9 Å². The standard InChI is InChI=1S/C19H18N4OS2/c1-12-4-5-16(8-13(12)2)22-7-6-20-18(22)26-11-15-9-17(24)23-14(3)10-25-19(23)21-15/h4-10H,11H2,1-3H3. The lowest BCUT2D eigenvalue weighted by Gasteiger charge is -2.09. The quantitative estimate of drug-likeness (QED) is 0.497. The van der Waals surface area contributed by atoms with Crippen LogP contribution in [0.25, 0.3) is 10.6 Å². The first-order chi connectivity index (χ1) is 12.5. The molecular formula is C19H18N4OS2. The van der Waals surface area contributed by atoms with Crippen LogP contribution in [-0.4, -0.2) is 18.9 Å². The fraction of sp³-hybridized carbons (Fsp3) is 0.211. The van der Waals surface area contributed by atoms with Crippen LogP contribution in [0.3, 0.4) is 0 Å². The molecule has 0 N–H and O–H groups in total. The highest BCUT2D eigenvalue weighted by Gasteiger charge is 2.10. The van der Waals surface area contributed by atoms with Crippen molar-refractivity contribution in [2.75, 3.05) is 0 Å². The van der Waals surface area contributed by atoms with Crippen molar-refractivity contribution in [2.24, 2.45) is 0 Å². The van der Waals surface area contributed by atoms with E-state index < -0.39 is 0 Å². The molecule has 0 saturated heterocycles. The molecule has 0 radical (unpaired) electrons. The first kappa shape index (κ1) is 17.1. The maximum Gasteiger partial charge on any atom is 0.258 e. The summed E-state index contributed by atoms with van der Waals surface area (Å²) >= 11 is 3.07. The van der Waals surface area contributed by atoms with Gasteiger partial charge < -0.3 is 0 Å². The molecule has 26 heavy (non-hydrogen) atoms. The van der Waals surface area contributed by atoms with Crippen molar-refractivity contribution < 1.29 is 0 Å². The van der Waals surface area contributed by atoms with Crippen molar-refractivity contribution >= 4 is 28.1 Å². The van der Waals surface area contributed by atoms with E-state index >= 15 is 0 Å². The Morgan fingerprint density at radius 2 is 2.00 bits per heavy atom. The Labute approximate surface area is 159 Å². The van der Waals surface area contributed by atoms with Crippen molar-refractivity contribution in [3.05, 3.63) is 74.9 Å². The Hall–Kier alpha value is -2.38. The molecule has 4 aromatic rings. The van der Waals surface area contributed by atoms with Gasteiger partial charge in [0.25, 0.3) is 5.56 Å². The maximum absolute atomic E-state index is 12.3. The molecule has 0 aliphatic carbocycles. The largest absolute Gasteiger partial charge is 0.295 e. The lowest BCUT2D eigenvalue weighted by atomic mass is 10.1. The number of imidazole rings is 1. The predicted molar refractivity (Wildman–Crippen MR) is 107 cm³/mol. The fourth-order valence-electron chi connectivity index (χ4n) is 2.78. The van der Waals surface area contributed by atoms with Gasteiger partial charge >= 0.3 is 0 Å². The monoisotopic (exact) mass is 382 g/mol. The molecule has 7 heteroatoms. The van der Waals surface area contributed by atoms with E-state index in [2.05, 4.69) is 46.6 Å². The van der Waals surface area contributed by atoms with E-state index in [9.17, 15) is 4.79 Å². The summed E-state index contributed by atoms with van der Waals surface area (Å²) in [7, 11) is 0. The molecule has 0 aliphatic heterocycles. The molecule has 132 valence electrons. The summed E-state index contributed by atoms with van der Waals surface area (Å²) in [6, 6.07) is 7.99. The van der Waals surface area contributed by atoms with E-state index in [4.69, 9.17) is 0 Å². The van der Waals surface area contributed by atoms with Gasteiger partial charge in [0.05, 0.1) is 5.69 Å². The molecule has 3 aromatic heterocycles. The second kappa shape index (κ2) is 6.74. The van der Waals surface area contributed by atoms with Gasteiger partial charge in [0.1, 0.15) is 0 Å². The molecular weight excluding hydrogens is 364 g/mol. The molecule has 0 atom stereocenters. The van der Waals surface area contributed by atoms with E-state index in [0.717, 1.165) is 27.2 Å². The normalized spacial score (nSPS) is 11.3. The number of thioether (sulfide) groups is 1. The minimum Gasteiger partial charge on any atom is -0.295 e. The van der Waals surface area contributed by atoms with Gasteiger partial charge in [-0.15, -0.1) is 11.3 Å². The zero-order chi connectivity index (χ0) is 18.3. The Morgan fingerprint density at radius 1 is 1.15 bits per heavy atom. The molecule has 3 heterocycles.